The second kappa shape index (κ2) is 4.69. The number of benzene rings is 1. The van der Waals surface area contributed by atoms with E-state index in [0.29, 0.717) is 11.3 Å². The number of aromatic nitrogens is 2. The molecule has 5 heteroatoms. The summed E-state index contributed by atoms with van der Waals surface area (Å²) >= 11 is 0. The Labute approximate surface area is 97.1 Å². The van der Waals surface area contributed by atoms with Crippen LogP contribution < -0.4 is 0 Å². The van der Waals surface area contributed by atoms with E-state index in [1.165, 1.54) is 25.6 Å². The highest BCUT2D eigenvalue weighted by molar-refractivity contribution is 5.88. The summed E-state index contributed by atoms with van der Waals surface area (Å²) in [5, 5.41) is 0. The molecule has 0 radical (unpaired) electrons. The summed E-state index contributed by atoms with van der Waals surface area (Å²) in [6.07, 6.45) is 1.20. The van der Waals surface area contributed by atoms with E-state index in [2.05, 4.69) is 14.7 Å². The highest BCUT2D eigenvalue weighted by atomic mass is 19.1. The Kier molecular flexibility index (Phi) is 3.09. The van der Waals surface area contributed by atoms with Crippen LogP contribution in [-0.4, -0.2) is 23.0 Å². The summed E-state index contributed by atoms with van der Waals surface area (Å²) in [6.45, 7) is 0. The molecule has 0 fully saturated rings. The van der Waals surface area contributed by atoms with Gasteiger partial charge in [0.15, 0.2) is 5.69 Å². The predicted octanol–water partition coefficient (Wildman–Crippen LogP) is 2.07. The van der Waals surface area contributed by atoms with Crippen molar-refractivity contribution in [2.24, 2.45) is 0 Å². The molecule has 0 saturated carbocycles. The van der Waals surface area contributed by atoms with E-state index < -0.39 is 11.8 Å². The van der Waals surface area contributed by atoms with Crippen molar-refractivity contribution in [2.45, 2.75) is 0 Å². The van der Waals surface area contributed by atoms with E-state index in [1.807, 2.05) is 0 Å². The van der Waals surface area contributed by atoms with Crippen LogP contribution in [0, 0.1) is 5.82 Å². The molecule has 0 aliphatic heterocycles. The van der Waals surface area contributed by atoms with Crippen LogP contribution in [0.25, 0.3) is 11.3 Å². The Bertz CT molecular complexity index is 558. The smallest absolute Gasteiger partial charge is 0.356 e. The van der Waals surface area contributed by atoms with Crippen molar-refractivity contribution < 1.29 is 13.9 Å². The first kappa shape index (κ1) is 11.2. The molecule has 0 aliphatic carbocycles. The van der Waals surface area contributed by atoms with Crippen LogP contribution in [0.1, 0.15) is 10.5 Å². The number of hydrogen-bond acceptors (Lipinski definition) is 4. The zero-order valence-electron chi connectivity index (χ0n) is 9.05. The lowest BCUT2D eigenvalue weighted by Gasteiger charge is -2.03. The van der Waals surface area contributed by atoms with Gasteiger partial charge in [-0.15, -0.1) is 0 Å². The minimum absolute atomic E-state index is 0.0979. The second-order valence-corrected chi connectivity index (χ2v) is 3.26. The normalized spacial score (nSPS) is 10.0. The van der Waals surface area contributed by atoms with Crippen molar-refractivity contribution in [3.63, 3.8) is 0 Å². The first-order valence-electron chi connectivity index (χ1n) is 4.87. The van der Waals surface area contributed by atoms with Gasteiger partial charge in [-0.25, -0.2) is 19.2 Å². The monoisotopic (exact) mass is 232 g/mol. The van der Waals surface area contributed by atoms with Gasteiger partial charge in [0.2, 0.25) is 0 Å². The number of nitrogens with zero attached hydrogens (tertiary/aromatic N) is 2. The molecule has 86 valence electrons. The molecule has 0 bridgehead atoms. The Morgan fingerprint density at radius 3 is 2.76 bits per heavy atom. The van der Waals surface area contributed by atoms with Gasteiger partial charge in [0, 0.05) is 5.56 Å². The number of ether oxygens (including phenoxy) is 1. The first-order valence-corrected chi connectivity index (χ1v) is 4.87. The molecule has 1 heterocycles. The minimum Gasteiger partial charge on any atom is -0.464 e. The number of hydrogen-bond donors (Lipinski definition) is 0. The average molecular weight is 232 g/mol. The van der Waals surface area contributed by atoms with Crippen molar-refractivity contribution in [2.75, 3.05) is 7.11 Å². The maximum Gasteiger partial charge on any atom is 0.356 e. The van der Waals surface area contributed by atoms with Gasteiger partial charge < -0.3 is 4.74 Å². The molecule has 2 aromatic rings. The summed E-state index contributed by atoms with van der Waals surface area (Å²) in [7, 11) is 1.26. The number of halogens is 1. The van der Waals surface area contributed by atoms with Gasteiger partial charge in [-0.05, 0) is 18.2 Å². The Balaban J connectivity index is 2.47. The highest BCUT2D eigenvalue weighted by Gasteiger charge is 2.11. The van der Waals surface area contributed by atoms with Crippen LogP contribution >= 0.6 is 0 Å². The van der Waals surface area contributed by atoms with Crippen molar-refractivity contribution in [3.05, 3.63) is 48.2 Å². The van der Waals surface area contributed by atoms with E-state index in [9.17, 15) is 9.18 Å². The van der Waals surface area contributed by atoms with Crippen LogP contribution in [-0.2, 0) is 4.74 Å². The van der Waals surface area contributed by atoms with Gasteiger partial charge in [-0.3, -0.25) is 0 Å². The highest BCUT2D eigenvalue weighted by Crippen LogP contribution is 2.20. The molecule has 0 atom stereocenters. The summed E-state index contributed by atoms with van der Waals surface area (Å²) < 4.78 is 18.0. The van der Waals surface area contributed by atoms with E-state index >= 15 is 0 Å². The molecule has 0 saturated heterocycles. The number of esters is 1. The van der Waals surface area contributed by atoms with Crippen LogP contribution in [0.2, 0.25) is 0 Å². The maximum absolute atomic E-state index is 13.5. The standard InChI is InChI=1S/C12H9FN2O2/c1-17-12(16)11-6-10(14-7-15-11)8-4-2-3-5-9(8)13/h2-7H,1H3. The number of methoxy groups -OCH3 is 1. The molecular formula is C12H9FN2O2. The van der Waals surface area contributed by atoms with Crippen molar-refractivity contribution in [1.82, 2.24) is 9.97 Å². The molecule has 1 aromatic heterocycles. The lowest BCUT2D eigenvalue weighted by molar-refractivity contribution is 0.0594. The van der Waals surface area contributed by atoms with E-state index in [1.54, 1.807) is 18.2 Å². The topological polar surface area (TPSA) is 52.1 Å². The third kappa shape index (κ3) is 2.28. The Morgan fingerprint density at radius 2 is 2.06 bits per heavy atom. The Hall–Kier alpha value is -2.30. The van der Waals surface area contributed by atoms with Gasteiger partial charge >= 0.3 is 5.97 Å². The van der Waals surface area contributed by atoms with Gasteiger partial charge in [0.1, 0.15) is 12.1 Å². The molecule has 0 spiro atoms. The van der Waals surface area contributed by atoms with Crippen LogP contribution in [0.15, 0.2) is 36.7 Å². The van der Waals surface area contributed by atoms with Crippen LogP contribution in [0.3, 0.4) is 0 Å². The van der Waals surface area contributed by atoms with Crippen molar-refractivity contribution >= 4 is 5.97 Å². The van der Waals surface area contributed by atoms with E-state index in [0.717, 1.165) is 0 Å². The molecule has 4 nitrogen and oxygen atoms in total. The van der Waals surface area contributed by atoms with Gasteiger partial charge in [0.25, 0.3) is 0 Å². The summed E-state index contributed by atoms with van der Waals surface area (Å²) in [5.74, 6) is -0.980. The lowest BCUT2D eigenvalue weighted by Crippen LogP contribution is -2.05. The fraction of sp³-hybridized carbons (Fsp3) is 0.0833. The largest absolute Gasteiger partial charge is 0.464 e. The zero-order chi connectivity index (χ0) is 12.3. The van der Waals surface area contributed by atoms with Crippen molar-refractivity contribution in [3.8, 4) is 11.3 Å². The quantitative estimate of drug-likeness (QED) is 0.744. The summed E-state index contributed by atoms with van der Waals surface area (Å²) in [5.41, 5.74) is 0.763. The molecule has 17 heavy (non-hydrogen) atoms. The summed E-state index contributed by atoms with van der Waals surface area (Å²) in [4.78, 5) is 19.0. The zero-order valence-corrected chi connectivity index (χ0v) is 9.05. The van der Waals surface area contributed by atoms with Crippen LogP contribution in [0.4, 0.5) is 4.39 Å². The fourth-order valence-electron chi connectivity index (χ4n) is 1.39. The lowest BCUT2D eigenvalue weighted by atomic mass is 10.1. The predicted molar refractivity (Wildman–Crippen MR) is 58.8 cm³/mol. The SMILES string of the molecule is COC(=O)c1cc(-c2ccccc2F)ncn1. The van der Waals surface area contributed by atoms with E-state index in [-0.39, 0.29) is 5.69 Å². The average Bonchev–Trinajstić information content (AvgIpc) is 2.38. The molecule has 0 N–H and O–H groups in total. The third-order valence-electron chi connectivity index (χ3n) is 2.21. The maximum atomic E-state index is 13.5. The first-order chi connectivity index (χ1) is 8.22. The molecule has 0 amide bonds. The second-order valence-electron chi connectivity index (χ2n) is 3.26. The third-order valence-corrected chi connectivity index (χ3v) is 2.21. The Morgan fingerprint density at radius 1 is 1.29 bits per heavy atom. The van der Waals surface area contributed by atoms with Gasteiger partial charge in [0.05, 0.1) is 12.8 Å². The minimum atomic E-state index is -0.579. The number of carbonyl (C=O) groups is 1. The fourth-order valence-corrected chi connectivity index (χ4v) is 1.39. The molecule has 1 aromatic carbocycles. The van der Waals surface area contributed by atoms with Crippen molar-refractivity contribution in [1.29, 1.82) is 0 Å². The van der Waals surface area contributed by atoms with Gasteiger partial charge in [-0.1, -0.05) is 12.1 Å². The van der Waals surface area contributed by atoms with Crippen LogP contribution in [0.5, 0.6) is 0 Å². The summed E-state index contributed by atoms with van der Waals surface area (Å²) in [6, 6.07) is 7.58. The number of carbonyl (C=O) groups excluding carboxylic acids is 1. The van der Waals surface area contributed by atoms with E-state index in [4.69, 9.17) is 0 Å². The number of rotatable bonds is 2. The van der Waals surface area contributed by atoms with Gasteiger partial charge in [-0.2, -0.15) is 0 Å². The molecular weight excluding hydrogens is 223 g/mol. The molecule has 0 unspecified atom stereocenters. The molecule has 2 rings (SSSR count). The molecule has 0 aliphatic rings.